The molecular weight excluding hydrogens is 228 g/mol. The Kier molecular flexibility index (Phi) is 5.02. The van der Waals surface area contributed by atoms with Gasteiger partial charge in [-0.3, -0.25) is 0 Å². The average Bonchev–Trinajstić information content (AvgIpc) is 2.26. The van der Waals surface area contributed by atoms with Crippen LogP contribution in [-0.4, -0.2) is 28.8 Å². The molecule has 106 valence electrons. The van der Waals surface area contributed by atoms with Crippen LogP contribution in [-0.2, 0) is 0 Å². The highest BCUT2D eigenvalue weighted by atomic mass is 16.3. The van der Waals surface area contributed by atoms with Crippen molar-refractivity contribution in [3.63, 3.8) is 0 Å². The lowest BCUT2D eigenvalue weighted by atomic mass is 9.78. The fraction of sp³-hybridized carbons (Fsp3) is 0.929. The molecule has 0 heterocycles. The number of hydrogen-bond donors (Lipinski definition) is 3. The normalized spacial score (nSPS) is 28.8. The van der Waals surface area contributed by atoms with Gasteiger partial charge in [-0.05, 0) is 52.4 Å². The van der Waals surface area contributed by atoms with Crippen LogP contribution in [0.25, 0.3) is 0 Å². The lowest BCUT2D eigenvalue weighted by Gasteiger charge is -2.36. The van der Waals surface area contributed by atoms with Gasteiger partial charge in [0.1, 0.15) is 0 Å². The third-order valence-corrected chi connectivity index (χ3v) is 3.68. The lowest BCUT2D eigenvalue weighted by Crippen LogP contribution is -2.51. The predicted molar refractivity (Wildman–Crippen MR) is 73.5 cm³/mol. The van der Waals surface area contributed by atoms with E-state index in [1.54, 1.807) is 0 Å². The SMILES string of the molecule is CCC1CCC(O)(CNC(=O)NC(C)(C)C)CC1. The lowest BCUT2D eigenvalue weighted by molar-refractivity contribution is -0.00656. The highest BCUT2D eigenvalue weighted by Crippen LogP contribution is 2.33. The Hall–Kier alpha value is -0.770. The summed E-state index contributed by atoms with van der Waals surface area (Å²) < 4.78 is 0. The maximum absolute atomic E-state index is 11.6. The highest BCUT2D eigenvalue weighted by molar-refractivity contribution is 5.74. The minimum absolute atomic E-state index is 0.200. The van der Waals surface area contributed by atoms with Gasteiger partial charge in [0, 0.05) is 12.1 Å². The van der Waals surface area contributed by atoms with E-state index in [1.165, 1.54) is 6.42 Å². The first kappa shape index (κ1) is 15.3. The summed E-state index contributed by atoms with van der Waals surface area (Å²) in [6, 6.07) is -0.200. The highest BCUT2D eigenvalue weighted by Gasteiger charge is 2.33. The van der Waals surface area contributed by atoms with E-state index < -0.39 is 5.60 Å². The first-order chi connectivity index (χ1) is 8.24. The zero-order valence-corrected chi connectivity index (χ0v) is 12.2. The number of carbonyl (C=O) groups is 1. The van der Waals surface area contributed by atoms with E-state index in [2.05, 4.69) is 17.6 Å². The van der Waals surface area contributed by atoms with Crippen molar-refractivity contribution in [3.05, 3.63) is 0 Å². The second-order valence-corrected chi connectivity index (χ2v) is 6.63. The van der Waals surface area contributed by atoms with Crippen molar-refractivity contribution in [2.45, 2.75) is 70.9 Å². The monoisotopic (exact) mass is 256 g/mol. The number of urea groups is 1. The predicted octanol–water partition coefficient (Wildman–Crippen LogP) is 2.42. The third kappa shape index (κ3) is 5.25. The Morgan fingerprint density at radius 2 is 1.89 bits per heavy atom. The van der Waals surface area contributed by atoms with Gasteiger partial charge in [0.05, 0.1) is 5.60 Å². The zero-order chi connectivity index (χ0) is 13.8. The maximum atomic E-state index is 11.6. The molecule has 0 saturated heterocycles. The number of hydrogen-bond acceptors (Lipinski definition) is 2. The number of aliphatic hydroxyl groups is 1. The van der Waals surface area contributed by atoms with Crippen molar-refractivity contribution in [1.29, 1.82) is 0 Å². The number of carbonyl (C=O) groups excluding carboxylic acids is 1. The molecule has 1 aliphatic rings. The second kappa shape index (κ2) is 5.91. The van der Waals surface area contributed by atoms with E-state index in [9.17, 15) is 9.90 Å². The van der Waals surface area contributed by atoms with E-state index in [-0.39, 0.29) is 11.6 Å². The molecule has 2 amide bonds. The fourth-order valence-corrected chi connectivity index (χ4v) is 2.43. The number of nitrogens with one attached hydrogen (secondary N) is 2. The molecule has 0 bridgehead atoms. The van der Waals surface area contributed by atoms with Gasteiger partial charge in [0.2, 0.25) is 0 Å². The summed E-state index contributed by atoms with van der Waals surface area (Å²) in [5.41, 5.74) is -0.951. The molecule has 0 aromatic rings. The minimum atomic E-state index is -0.707. The third-order valence-electron chi connectivity index (χ3n) is 3.68. The Morgan fingerprint density at radius 3 is 2.33 bits per heavy atom. The van der Waals surface area contributed by atoms with Crippen LogP contribution >= 0.6 is 0 Å². The Labute approximate surface area is 111 Å². The summed E-state index contributed by atoms with van der Waals surface area (Å²) >= 11 is 0. The molecule has 18 heavy (non-hydrogen) atoms. The van der Waals surface area contributed by atoms with Crippen LogP contribution in [0, 0.1) is 5.92 Å². The molecule has 1 fully saturated rings. The van der Waals surface area contributed by atoms with E-state index in [4.69, 9.17) is 0 Å². The Bertz CT molecular complexity index is 276. The van der Waals surface area contributed by atoms with Gasteiger partial charge in [-0.15, -0.1) is 0 Å². The molecule has 0 atom stereocenters. The summed E-state index contributed by atoms with van der Waals surface area (Å²) in [5, 5.41) is 16.0. The summed E-state index contributed by atoms with van der Waals surface area (Å²) in [5.74, 6) is 0.744. The van der Waals surface area contributed by atoms with Crippen molar-refractivity contribution in [1.82, 2.24) is 10.6 Å². The van der Waals surface area contributed by atoms with E-state index in [0.717, 1.165) is 31.6 Å². The number of rotatable bonds is 3. The van der Waals surface area contributed by atoms with Crippen molar-refractivity contribution in [2.75, 3.05) is 6.54 Å². The van der Waals surface area contributed by atoms with Crippen molar-refractivity contribution in [3.8, 4) is 0 Å². The molecule has 0 radical (unpaired) electrons. The fourth-order valence-electron chi connectivity index (χ4n) is 2.43. The van der Waals surface area contributed by atoms with Crippen LogP contribution in [0.15, 0.2) is 0 Å². The largest absolute Gasteiger partial charge is 0.388 e. The molecule has 0 unspecified atom stereocenters. The minimum Gasteiger partial charge on any atom is -0.388 e. The van der Waals surface area contributed by atoms with Gasteiger partial charge in [-0.1, -0.05) is 13.3 Å². The van der Waals surface area contributed by atoms with Crippen molar-refractivity contribution < 1.29 is 9.90 Å². The van der Waals surface area contributed by atoms with Gasteiger partial charge in [0.15, 0.2) is 0 Å². The second-order valence-electron chi connectivity index (χ2n) is 6.63. The smallest absolute Gasteiger partial charge is 0.315 e. The molecule has 0 spiro atoms. The summed E-state index contributed by atoms with van der Waals surface area (Å²) in [6.07, 6.45) is 4.90. The van der Waals surface area contributed by atoms with Crippen LogP contribution in [0.1, 0.15) is 59.8 Å². The maximum Gasteiger partial charge on any atom is 0.315 e. The molecule has 0 aliphatic heterocycles. The zero-order valence-electron chi connectivity index (χ0n) is 12.2. The summed E-state index contributed by atoms with van der Waals surface area (Å²) in [6.45, 7) is 8.37. The summed E-state index contributed by atoms with van der Waals surface area (Å²) in [4.78, 5) is 11.6. The molecule has 1 saturated carbocycles. The molecular formula is C14H28N2O2. The Morgan fingerprint density at radius 1 is 1.33 bits per heavy atom. The van der Waals surface area contributed by atoms with E-state index in [0.29, 0.717) is 6.54 Å². The molecule has 0 aromatic heterocycles. The molecule has 0 aromatic carbocycles. The first-order valence-corrected chi connectivity index (χ1v) is 7.02. The number of amides is 2. The standard InChI is InChI=1S/C14H28N2O2/c1-5-11-6-8-14(18,9-7-11)10-15-12(17)16-13(2,3)4/h11,18H,5-10H2,1-4H3,(H2,15,16,17). The quantitative estimate of drug-likeness (QED) is 0.726. The van der Waals surface area contributed by atoms with E-state index >= 15 is 0 Å². The van der Waals surface area contributed by atoms with Gasteiger partial charge in [-0.2, -0.15) is 0 Å². The van der Waals surface area contributed by atoms with Gasteiger partial charge >= 0.3 is 6.03 Å². The van der Waals surface area contributed by atoms with Crippen LogP contribution in [0.4, 0.5) is 4.79 Å². The summed E-state index contributed by atoms with van der Waals surface area (Å²) in [7, 11) is 0. The Balaban J connectivity index is 2.32. The van der Waals surface area contributed by atoms with Crippen molar-refractivity contribution >= 4 is 6.03 Å². The van der Waals surface area contributed by atoms with Gasteiger partial charge < -0.3 is 15.7 Å². The molecule has 4 nitrogen and oxygen atoms in total. The van der Waals surface area contributed by atoms with Gasteiger partial charge in [-0.25, -0.2) is 4.79 Å². The average molecular weight is 256 g/mol. The first-order valence-electron chi connectivity index (χ1n) is 7.02. The van der Waals surface area contributed by atoms with Crippen LogP contribution in [0.2, 0.25) is 0 Å². The molecule has 3 N–H and O–H groups in total. The van der Waals surface area contributed by atoms with Crippen LogP contribution in [0.3, 0.4) is 0 Å². The van der Waals surface area contributed by atoms with Crippen molar-refractivity contribution in [2.24, 2.45) is 5.92 Å². The van der Waals surface area contributed by atoms with Gasteiger partial charge in [0.25, 0.3) is 0 Å². The van der Waals surface area contributed by atoms with Crippen LogP contribution in [0.5, 0.6) is 0 Å². The topological polar surface area (TPSA) is 61.4 Å². The molecule has 1 rings (SSSR count). The molecule has 1 aliphatic carbocycles. The van der Waals surface area contributed by atoms with E-state index in [1.807, 2.05) is 20.8 Å². The van der Waals surface area contributed by atoms with Crippen LogP contribution < -0.4 is 10.6 Å². The molecule has 4 heteroatoms.